The molecule has 0 amide bonds. The van der Waals surface area contributed by atoms with Gasteiger partial charge < -0.3 is 10.6 Å². The molecule has 0 atom stereocenters. The number of pyridine rings is 1. The molecule has 0 fully saturated rings. The lowest BCUT2D eigenvalue weighted by atomic mass is 10.2. The number of rotatable bonds is 5. The number of hydrogen-bond acceptors (Lipinski definition) is 5. The maximum absolute atomic E-state index is 13.9. The van der Waals surface area contributed by atoms with Crippen LogP contribution < -0.4 is 10.6 Å². The van der Waals surface area contributed by atoms with Gasteiger partial charge in [0.2, 0.25) is 5.95 Å². The summed E-state index contributed by atoms with van der Waals surface area (Å²) in [6.07, 6.45) is 3.24. The Bertz CT molecular complexity index is 893. The molecule has 0 unspecified atom stereocenters. The SMILES string of the molecule is CC(C)Nc1nc(Nc2c(F)cc(F)cc2F)cc(-c2cccnc2)n1. The van der Waals surface area contributed by atoms with Gasteiger partial charge in [0, 0.05) is 42.2 Å². The third-order valence-electron chi connectivity index (χ3n) is 3.36. The lowest BCUT2D eigenvalue weighted by molar-refractivity contribution is 0.548. The van der Waals surface area contributed by atoms with Crippen molar-refractivity contribution in [3.05, 3.63) is 60.2 Å². The molecule has 3 aromatic rings. The van der Waals surface area contributed by atoms with Gasteiger partial charge in [-0.05, 0) is 26.0 Å². The maximum Gasteiger partial charge on any atom is 0.225 e. The zero-order valence-electron chi connectivity index (χ0n) is 14.1. The average Bonchev–Trinajstić information content (AvgIpc) is 2.58. The number of halogens is 3. The molecule has 8 heteroatoms. The summed E-state index contributed by atoms with van der Waals surface area (Å²) >= 11 is 0. The maximum atomic E-state index is 13.9. The van der Waals surface area contributed by atoms with E-state index in [1.165, 1.54) is 6.07 Å². The molecule has 5 nitrogen and oxygen atoms in total. The van der Waals surface area contributed by atoms with E-state index in [0.29, 0.717) is 23.4 Å². The second-order valence-electron chi connectivity index (χ2n) is 5.87. The predicted molar refractivity (Wildman–Crippen MR) is 93.6 cm³/mol. The number of benzene rings is 1. The average molecular weight is 359 g/mol. The highest BCUT2D eigenvalue weighted by atomic mass is 19.1. The van der Waals surface area contributed by atoms with Gasteiger partial charge in [-0.1, -0.05) is 0 Å². The quantitative estimate of drug-likeness (QED) is 0.701. The Morgan fingerprint density at radius 1 is 1.00 bits per heavy atom. The molecule has 0 saturated heterocycles. The molecule has 0 radical (unpaired) electrons. The van der Waals surface area contributed by atoms with E-state index in [-0.39, 0.29) is 17.8 Å². The lowest BCUT2D eigenvalue weighted by Gasteiger charge is -2.14. The van der Waals surface area contributed by atoms with E-state index < -0.39 is 23.1 Å². The van der Waals surface area contributed by atoms with Crippen molar-refractivity contribution >= 4 is 17.5 Å². The van der Waals surface area contributed by atoms with Crippen LogP contribution in [0.2, 0.25) is 0 Å². The molecule has 0 aliphatic carbocycles. The first kappa shape index (κ1) is 17.7. The third-order valence-corrected chi connectivity index (χ3v) is 3.36. The minimum Gasteiger partial charge on any atom is -0.352 e. The molecular weight excluding hydrogens is 343 g/mol. The highest BCUT2D eigenvalue weighted by Gasteiger charge is 2.14. The van der Waals surface area contributed by atoms with E-state index in [1.54, 1.807) is 24.5 Å². The van der Waals surface area contributed by atoms with E-state index in [1.807, 2.05) is 13.8 Å². The molecule has 1 aromatic carbocycles. The molecule has 3 rings (SSSR count). The molecule has 0 saturated carbocycles. The molecule has 0 aliphatic rings. The number of nitrogens with one attached hydrogen (secondary N) is 2. The van der Waals surface area contributed by atoms with Gasteiger partial charge in [-0.25, -0.2) is 18.2 Å². The van der Waals surface area contributed by atoms with Crippen LogP contribution in [-0.2, 0) is 0 Å². The van der Waals surface area contributed by atoms with E-state index >= 15 is 0 Å². The smallest absolute Gasteiger partial charge is 0.225 e. The van der Waals surface area contributed by atoms with Gasteiger partial charge in [0.25, 0.3) is 0 Å². The van der Waals surface area contributed by atoms with E-state index in [0.717, 1.165) is 0 Å². The van der Waals surface area contributed by atoms with Crippen molar-refractivity contribution in [2.75, 3.05) is 10.6 Å². The molecule has 2 heterocycles. The van der Waals surface area contributed by atoms with Crippen LogP contribution in [0, 0.1) is 17.5 Å². The van der Waals surface area contributed by atoms with Crippen LogP contribution in [0.15, 0.2) is 42.7 Å². The number of hydrogen-bond donors (Lipinski definition) is 2. The molecule has 2 N–H and O–H groups in total. The Morgan fingerprint density at radius 2 is 1.73 bits per heavy atom. The topological polar surface area (TPSA) is 62.7 Å². The van der Waals surface area contributed by atoms with Crippen LogP contribution in [0.4, 0.5) is 30.6 Å². The minimum absolute atomic E-state index is 0.0475. The molecule has 26 heavy (non-hydrogen) atoms. The van der Waals surface area contributed by atoms with Gasteiger partial charge in [0.15, 0.2) is 11.6 Å². The van der Waals surface area contributed by atoms with Crippen LogP contribution >= 0.6 is 0 Å². The van der Waals surface area contributed by atoms with Gasteiger partial charge in [-0.15, -0.1) is 0 Å². The van der Waals surface area contributed by atoms with Gasteiger partial charge in [-0.3, -0.25) is 4.98 Å². The summed E-state index contributed by atoms with van der Waals surface area (Å²) in [5.74, 6) is -2.66. The van der Waals surface area contributed by atoms with Gasteiger partial charge in [0.05, 0.1) is 5.69 Å². The van der Waals surface area contributed by atoms with Crippen molar-refractivity contribution in [3.8, 4) is 11.3 Å². The van der Waals surface area contributed by atoms with Crippen molar-refractivity contribution in [3.63, 3.8) is 0 Å². The van der Waals surface area contributed by atoms with Crippen LogP contribution in [0.25, 0.3) is 11.3 Å². The number of aromatic nitrogens is 3. The summed E-state index contributed by atoms with van der Waals surface area (Å²) in [4.78, 5) is 12.7. The van der Waals surface area contributed by atoms with Gasteiger partial charge >= 0.3 is 0 Å². The Labute approximate surface area is 148 Å². The molecule has 134 valence electrons. The number of anilines is 3. The van der Waals surface area contributed by atoms with Gasteiger partial charge in [0.1, 0.15) is 17.3 Å². The largest absolute Gasteiger partial charge is 0.352 e. The molecular formula is C18H16F3N5. The third kappa shape index (κ3) is 4.08. The van der Waals surface area contributed by atoms with E-state index in [9.17, 15) is 13.2 Å². The summed E-state index contributed by atoms with van der Waals surface area (Å²) in [6, 6.07) is 6.33. The van der Waals surface area contributed by atoms with Crippen molar-refractivity contribution < 1.29 is 13.2 Å². The second-order valence-corrected chi connectivity index (χ2v) is 5.87. The van der Waals surface area contributed by atoms with Crippen molar-refractivity contribution in [2.45, 2.75) is 19.9 Å². The first-order valence-electron chi connectivity index (χ1n) is 7.90. The second kappa shape index (κ2) is 7.38. The predicted octanol–water partition coefficient (Wildman–Crippen LogP) is 4.52. The Kier molecular flexibility index (Phi) is 5.01. The summed E-state index contributed by atoms with van der Waals surface area (Å²) < 4.78 is 40.9. The summed E-state index contributed by atoms with van der Waals surface area (Å²) in [6.45, 7) is 3.82. The van der Waals surface area contributed by atoms with Crippen molar-refractivity contribution in [2.24, 2.45) is 0 Å². The Morgan fingerprint density at radius 3 is 2.35 bits per heavy atom. The first-order valence-corrected chi connectivity index (χ1v) is 7.90. The van der Waals surface area contributed by atoms with Gasteiger partial charge in [-0.2, -0.15) is 4.98 Å². The Hall–Kier alpha value is -3.16. The monoisotopic (exact) mass is 359 g/mol. The summed E-state index contributed by atoms with van der Waals surface area (Å²) in [5, 5.41) is 5.61. The fourth-order valence-electron chi connectivity index (χ4n) is 2.29. The first-order chi connectivity index (χ1) is 12.4. The molecule has 0 spiro atoms. The highest BCUT2D eigenvalue weighted by Crippen LogP contribution is 2.27. The number of nitrogens with zero attached hydrogens (tertiary/aromatic N) is 3. The molecule has 0 bridgehead atoms. The molecule has 0 aliphatic heterocycles. The van der Waals surface area contributed by atoms with E-state index in [2.05, 4.69) is 25.6 Å². The Balaban J connectivity index is 2.03. The standard InChI is InChI=1S/C18H16F3N5/c1-10(2)23-18-24-15(11-4-3-5-22-9-11)8-16(26-18)25-17-13(20)6-12(19)7-14(17)21/h3-10H,1-2H3,(H2,23,24,25,26). The highest BCUT2D eigenvalue weighted by molar-refractivity contribution is 5.67. The van der Waals surface area contributed by atoms with Crippen LogP contribution in [-0.4, -0.2) is 21.0 Å². The fraction of sp³-hybridized carbons (Fsp3) is 0.167. The summed E-state index contributed by atoms with van der Waals surface area (Å²) in [7, 11) is 0. The van der Waals surface area contributed by atoms with Crippen LogP contribution in [0.1, 0.15) is 13.8 Å². The van der Waals surface area contributed by atoms with Crippen molar-refractivity contribution in [1.29, 1.82) is 0 Å². The van der Waals surface area contributed by atoms with Crippen LogP contribution in [0.3, 0.4) is 0 Å². The fourth-order valence-corrected chi connectivity index (χ4v) is 2.29. The lowest BCUT2D eigenvalue weighted by Crippen LogP contribution is -2.13. The normalized spacial score (nSPS) is 10.8. The van der Waals surface area contributed by atoms with Crippen molar-refractivity contribution in [1.82, 2.24) is 15.0 Å². The minimum atomic E-state index is -1.05. The molecule has 2 aromatic heterocycles. The zero-order valence-corrected chi connectivity index (χ0v) is 14.1. The van der Waals surface area contributed by atoms with Crippen LogP contribution in [0.5, 0.6) is 0 Å². The zero-order chi connectivity index (χ0) is 18.7. The van der Waals surface area contributed by atoms with E-state index in [4.69, 9.17) is 0 Å². The summed E-state index contributed by atoms with van der Waals surface area (Å²) in [5.41, 5.74) is 0.740.